The number of ether oxygens (including phenoxy) is 1. The van der Waals surface area contributed by atoms with Gasteiger partial charge in [0.05, 0.1) is 0 Å². The standard InChI is InChI=1S/C9H18O4/c1-2-4-8-9(11,12)7(10)5-3-6-13-8/h7-8,10-12H,2-6H2,1H3. The largest absolute Gasteiger partial charge is 0.387 e. The molecule has 4 heteroatoms. The van der Waals surface area contributed by atoms with Crippen molar-refractivity contribution in [1.29, 1.82) is 0 Å². The Labute approximate surface area is 78.1 Å². The van der Waals surface area contributed by atoms with Crippen molar-refractivity contribution in [3.05, 3.63) is 0 Å². The maximum Gasteiger partial charge on any atom is 0.216 e. The first kappa shape index (κ1) is 10.9. The third-order valence-electron chi connectivity index (χ3n) is 2.46. The van der Waals surface area contributed by atoms with E-state index < -0.39 is 18.0 Å². The molecule has 78 valence electrons. The van der Waals surface area contributed by atoms with Crippen LogP contribution in [0.2, 0.25) is 0 Å². The van der Waals surface area contributed by atoms with E-state index in [-0.39, 0.29) is 0 Å². The normalized spacial score (nSPS) is 34.2. The topological polar surface area (TPSA) is 69.9 Å². The second-order valence-electron chi connectivity index (χ2n) is 3.59. The fourth-order valence-corrected chi connectivity index (χ4v) is 1.61. The molecule has 2 unspecified atom stereocenters. The van der Waals surface area contributed by atoms with Crippen molar-refractivity contribution in [2.24, 2.45) is 0 Å². The molecule has 0 saturated carbocycles. The second-order valence-corrected chi connectivity index (χ2v) is 3.59. The zero-order valence-corrected chi connectivity index (χ0v) is 7.94. The molecule has 4 nitrogen and oxygen atoms in total. The maximum atomic E-state index is 9.59. The van der Waals surface area contributed by atoms with Gasteiger partial charge in [0.1, 0.15) is 12.2 Å². The predicted molar refractivity (Wildman–Crippen MR) is 47.1 cm³/mol. The lowest BCUT2D eigenvalue weighted by Gasteiger charge is -2.32. The van der Waals surface area contributed by atoms with Crippen molar-refractivity contribution in [1.82, 2.24) is 0 Å². The van der Waals surface area contributed by atoms with E-state index in [4.69, 9.17) is 4.74 Å². The highest BCUT2D eigenvalue weighted by Gasteiger charge is 2.43. The highest BCUT2D eigenvalue weighted by molar-refractivity contribution is 4.85. The molecular formula is C9H18O4. The smallest absolute Gasteiger partial charge is 0.216 e. The van der Waals surface area contributed by atoms with Gasteiger partial charge in [0, 0.05) is 6.61 Å². The Hall–Kier alpha value is -0.160. The monoisotopic (exact) mass is 190 g/mol. The zero-order valence-electron chi connectivity index (χ0n) is 7.94. The van der Waals surface area contributed by atoms with Gasteiger partial charge in [-0.3, -0.25) is 0 Å². The highest BCUT2D eigenvalue weighted by Crippen LogP contribution is 2.25. The van der Waals surface area contributed by atoms with E-state index in [0.717, 1.165) is 6.42 Å². The first-order chi connectivity index (χ1) is 6.09. The molecule has 0 radical (unpaired) electrons. The molecule has 1 aliphatic heterocycles. The Balaban J connectivity index is 2.66. The third-order valence-corrected chi connectivity index (χ3v) is 2.46. The van der Waals surface area contributed by atoms with Crippen LogP contribution in [0.1, 0.15) is 32.6 Å². The summed E-state index contributed by atoms with van der Waals surface area (Å²) in [5.41, 5.74) is 0. The summed E-state index contributed by atoms with van der Waals surface area (Å²) in [6.07, 6.45) is 0.670. The Kier molecular flexibility index (Phi) is 3.67. The Morgan fingerprint density at radius 1 is 1.46 bits per heavy atom. The number of aliphatic hydroxyl groups is 3. The molecule has 1 saturated heterocycles. The quantitative estimate of drug-likeness (QED) is 0.536. The van der Waals surface area contributed by atoms with Crippen LogP contribution in [0.4, 0.5) is 0 Å². The van der Waals surface area contributed by atoms with Gasteiger partial charge in [-0.2, -0.15) is 0 Å². The molecule has 1 heterocycles. The van der Waals surface area contributed by atoms with Crippen molar-refractivity contribution >= 4 is 0 Å². The second kappa shape index (κ2) is 4.37. The SMILES string of the molecule is CCCC1OCCCC(O)C1(O)O. The van der Waals surface area contributed by atoms with Gasteiger partial charge in [-0.1, -0.05) is 13.3 Å². The molecular weight excluding hydrogens is 172 g/mol. The number of rotatable bonds is 2. The average molecular weight is 190 g/mol. The molecule has 13 heavy (non-hydrogen) atoms. The van der Waals surface area contributed by atoms with E-state index in [0.29, 0.717) is 25.9 Å². The molecule has 0 aromatic heterocycles. The van der Waals surface area contributed by atoms with Gasteiger partial charge in [0.2, 0.25) is 5.79 Å². The highest BCUT2D eigenvalue weighted by atomic mass is 16.6. The molecule has 0 spiro atoms. The first-order valence-electron chi connectivity index (χ1n) is 4.83. The summed E-state index contributed by atoms with van der Waals surface area (Å²) in [5.74, 6) is -2.08. The Morgan fingerprint density at radius 3 is 2.77 bits per heavy atom. The number of hydrogen-bond acceptors (Lipinski definition) is 4. The lowest BCUT2D eigenvalue weighted by Crippen LogP contribution is -2.51. The van der Waals surface area contributed by atoms with Gasteiger partial charge in [-0.15, -0.1) is 0 Å². The summed E-state index contributed by atoms with van der Waals surface area (Å²) in [7, 11) is 0. The van der Waals surface area contributed by atoms with E-state index in [9.17, 15) is 15.3 Å². The zero-order chi connectivity index (χ0) is 9.90. The first-order valence-corrected chi connectivity index (χ1v) is 4.83. The summed E-state index contributed by atoms with van der Waals surface area (Å²) in [6.45, 7) is 2.43. The van der Waals surface area contributed by atoms with E-state index in [1.54, 1.807) is 0 Å². The fraction of sp³-hybridized carbons (Fsp3) is 1.00. The maximum absolute atomic E-state index is 9.59. The molecule has 1 rings (SSSR count). The molecule has 0 amide bonds. The minimum absolute atomic E-state index is 0.382. The van der Waals surface area contributed by atoms with Crippen molar-refractivity contribution < 1.29 is 20.1 Å². The van der Waals surface area contributed by atoms with E-state index in [1.165, 1.54) is 0 Å². The summed E-state index contributed by atoms with van der Waals surface area (Å²) >= 11 is 0. The minimum atomic E-state index is -2.08. The van der Waals surface area contributed by atoms with E-state index in [1.807, 2.05) is 6.92 Å². The molecule has 3 N–H and O–H groups in total. The van der Waals surface area contributed by atoms with Gasteiger partial charge >= 0.3 is 0 Å². The molecule has 0 aliphatic carbocycles. The van der Waals surface area contributed by atoms with Crippen LogP contribution in [-0.2, 0) is 4.74 Å². The summed E-state index contributed by atoms with van der Waals surface area (Å²) < 4.78 is 5.27. The summed E-state index contributed by atoms with van der Waals surface area (Å²) in [6, 6.07) is 0. The summed E-state index contributed by atoms with van der Waals surface area (Å²) in [4.78, 5) is 0. The molecule has 0 bridgehead atoms. The molecule has 1 aliphatic rings. The average Bonchev–Trinajstić information content (AvgIpc) is 2.18. The molecule has 0 aromatic carbocycles. The van der Waals surface area contributed by atoms with Crippen LogP contribution in [-0.4, -0.2) is 39.9 Å². The van der Waals surface area contributed by atoms with Crippen LogP contribution in [0.5, 0.6) is 0 Å². The van der Waals surface area contributed by atoms with Crippen LogP contribution >= 0.6 is 0 Å². The van der Waals surface area contributed by atoms with Crippen LogP contribution in [0, 0.1) is 0 Å². The predicted octanol–water partition coefficient (Wildman–Crippen LogP) is 0.00730. The van der Waals surface area contributed by atoms with Gasteiger partial charge in [0.25, 0.3) is 0 Å². The fourth-order valence-electron chi connectivity index (χ4n) is 1.61. The third kappa shape index (κ3) is 2.40. The Morgan fingerprint density at radius 2 is 2.15 bits per heavy atom. The summed E-state index contributed by atoms with van der Waals surface area (Å²) in [5, 5.41) is 28.6. The van der Waals surface area contributed by atoms with Crippen molar-refractivity contribution in [3.8, 4) is 0 Å². The molecule has 1 fully saturated rings. The van der Waals surface area contributed by atoms with Crippen molar-refractivity contribution in [3.63, 3.8) is 0 Å². The van der Waals surface area contributed by atoms with E-state index in [2.05, 4.69) is 0 Å². The number of aliphatic hydroxyl groups excluding tert-OH is 1. The van der Waals surface area contributed by atoms with E-state index >= 15 is 0 Å². The lowest BCUT2D eigenvalue weighted by molar-refractivity contribution is -0.276. The van der Waals surface area contributed by atoms with Crippen molar-refractivity contribution in [2.45, 2.75) is 50.6 Å². The number of hydrogen-bond donors (Lipinski definition) is 3. The van der Waals surface area contributed by atoms with Gasteiger partial charge in [0.15, 0.2) is 0 Å². The lowest BCUT2D eigenvalue weighted by atomic mass is 9.98. The molecule has 2 atom stereocenters. The van der Waals surface area contributed by atoms with Gasteiger partial charge < -0.3 is 20.1 Å². The van der Waals surface area contributed by atoms with Crippen molar-refractivity contribution in [2.75, 3.05) is 6.61 Å². The van der Waals surface area contributed by atoms with Crippen LogP contribution < -0.4 is 0 Å². The minimum Gasteiger partial charge on any atom is -0.387 e. The van der Waals surface area contributed by atoms with Crippen LogP contribution in [0.25, 0.3) is 0 Å². The van der Waals surface area contributed by atoms with Crippen LogP contribution in [0.3, 0.4) is 0 Å². The Bertz CT molecular complexity index is 158. The van der Waals surface area contributed by atoms with Gasteiger partial charge in [-0.25, -0.2) is 0 Å². The molecule has 0 aromatic rings. The van der Waals surface area contributed by atoms with Gasteiger partial charge in [-0.05, 0) is 19.3 Å². The van der Waals surface area contributed by atoms with Crippen LogP contribution in [0.15, 0.2) is 0 Å².